The van der Waals surface area contributed by atoms with Gasteiger partial charge >= 0.3 is 0 Å². The molecule has 2 heteroatoms. The van der Waals surface area contributed by atoms with Gasteiger partial charge in [-0.3, -0.25) is 0 Å². The summed E-state index contributed by atoms with van der Waals surface area (Å²) in [5, 5.41) is 13.1. The predicted molar refractivity (Wildman–Crippen MR) is 53.7 cm³/mol. The summed E-state index contributed by atoms with van der Waals surface area (Å²) in [6.45, 7) is 0.337. The zero-order valence-corrected chi connectivity index (χ0v) is 8.39. The molecule has 2 aliphatic rings. The van der Waals surface area contributed by atoms with Gasteiger partial charge in [0.1, 0.15) is 0 Å². The van der Waals surface area contributed by atoms with Gasteiger partial charge < -0.3 is 10.4 Å². The third-order valence-electron chi connectivity index (χ3n) is 3.73. The summed E-state index contributed by atoms with van der Waals surface area (Å²) >= 11 is 0. The third kappa shape index (κ3) is 2.05. The van der Waals surface area contributed by atoms with E-state index in [1.54, 1.807) is 0 Å². The molecule has 2 nitrogen and oxygen atoms in total. The van der Waals surface area contributed by atoms with Gasteiger partial charge in [0.15, 0.2) is 0 Å². The molecular weight excluding hydrogens is 162 g/mol. The smallest absolute Gasteiger partial charge is 0.0613 e. The maximum Gasteiger partial charge on any atom is 0.0613 e. The second kappa shape index (κ2) is 3.97. The van der Waals surface area contributed by atoms with Crippen LogP contribution >= 0.6 is 0 Å². The Labute approximate surface area is 80.7 Å². The lowest BCUT2D eigenvalue weighted by molar-refractivity contribution is 0.0937. The number of hydrogen-bond donors (Lipinski definition) is 2. The van der Waals surface area contributed by atoms with E-state index in [4.69, 9.17) is 0 Å². The summed E-state index contributed by atoms with van der Waals surface area (Å²) in [7, 11) is 0. The van der Waals surface area contributed by atoms with Crippen molar-refractivity contribution in [2.24, 2.45) is 0 Å². The first-order valence-corrected chi connectivity index (χ1v) is 5.73. The first-order chi connectivity index (χ1) is 6.35. The van der Waals surface area contributed by atoms with Crippen LogP contribution in [0, 0.1) is 0 Å². The summed E-state index contributed by atoms with van der Waals surface area (Å²) in [6.07, 6.45) is 10.3. The van der Waals surface area contributed by atoms with E-state index < -0.39 is 0 Å². The van der Waals surface area contributed by atoms with Crippen LogP contribution in [-0.4, -0.2) is 23.3 Å². The number of rotatable bonds is 3. The van der Waals surface area contributed by atoms with E-state index in [1.807, 2.05) is 0 Å². The van der Waals surface area contributed by atoms with Gasteiger partial charge in [-0.05, 0) is 25.7 Å². The summed E-state index contributed by atoms with van der Waals surface area (Å²) in [5.41, 5.74) is 0.101. The summed E-state index contributed by atoms with van der Waals surface area (Å²) in [6, 6.07) is 0.713. The Morgan fingerprint density at radius 2 is 1.77 bits per heavy atom. The van der Waals surface area contributed by atoms with Gasteiger partial charge in [-0.15, -0.1) is 0 Å². The van der Waals surface area contributed by atoms with E-state index in [2.05, 4.69) is 5.32 Å². The zero-order valence-electron chi connectivity index (χ0n) is 8.39. The van der Waals surface area contributed by atoms with Crippen molar-refractivity contribution in [3.63, 3.8) is 0 Å². The van der Waals surface area contributed by atoms with Crippen LogP contribution in [-0.2, 0) is 0 Å². The van der Waals surface area contributed by atoms with Crippen molar-refractivity contribution in [3.8, 4) is 0 Å². The molecule has 0 amide bonds. The van der Waals surface area contributed by atoms with E-state index in [-0.39, 0.29) is 5.54 Å². The van der Waals surface area contributed by atoms with Crippen molar-refractivity contribution < 1.29 is 5.11 Å². The minimum Gasteiger partial charge on any atom is -0.394 e. The van der Waals surface area contributed by atoms with Crippen molar-refractivity contribution in [2.75, 3.05) is 6.61 Å². The first kappa shape index (κ1) is 9.47. The lowest BCUT2D eigenvalue weighted by Gasteiger charge is -2.42. The number of aliphatic hydroxyl groups is 1. The molecule has 0 spiro atoms. The molecule has 0 aromatic heterocycles. The molecule has 0 saturated heterocycles. The van der Waals surface area contributed by atoms with Crippen molar-refractivity contribution >= 4 is 0 Å². The molecule has 0 radical (unpaired) electrons. The van der Waals surface area contributed by atoms with E-state index in [9.17, 15) is 5.11 Å². The predicted octanol–water partition coefficient (Wildman–Crippen LogP) is 1.82. The highest BCUT2D eigenvalue weighted by Crippen LogP contribution is 2.31. The standard InChI is InChI=1S/C11H21NO/c13-9-11(7-2-1-3-8-11)12-10-5-4-6-10/h10,12-13H,1-9H2. The fourth-order valence-electron chi connectivity index (χ4n) is 2.56. The van der Waals surface area contributed by atoms with E-state index in [1.165, 1.54) is 51.4 Å². The van der Waals surface area contributed by atoms with E-state index in [0.29, 0.717) is 12.6 Å². The van der Waals surface area contributed by atoms with Gasteiger partial charge in [-0.1, -0.05) is 25.7 Å². The highest BCUT2D eigenvalue weighted by Gasteiger charge is 2.34. The Hall–Kier alpha value is -0.0800. The second-order valence-corrected chi connectivity index (χ2v) is 4.77. The minimum atomic E-state index is 0.101. The molecule has 2 N–H and O–H groups in total. The lowest BCUT2D eigenvalue weighted by atomic mass is 9.79. The third-order valence-corrected chi connectivity index (χ3v) is 3.73. The monoisotopic (exact) mass is 183 g/mol. The van der Waals surface area contributed by atoms with Crippen LogP contribution in [0.1, 0.15) is 51.4 Å². The van der Waals surface area contributed by atoms with Gasteiger partial charge in [0, 0.05) is 11.6 Å². The SMILES string of the molecule is OCC1(NC2CCC2)CCCCC1. The molecule has 0 bridgehead atoms. The highest BCUT2D eigenvalue weighted by atomic mass is 16.3. The quantitative estimate of drug-likeness (QED) is 0.699. The normalized spacial score (nSPS) is 28.4. The Bertz CT molecular complexity index is 159. The molecule has 13 heavy (non-hydrogen) atoms. The molecular formula is C11H21NO. The average molecular weight is 183 g/mol. The molecule has 0 aromatic rings. The van der Waals surface area contributed by atoms with Crippen molar-refractivity contribution in [3.05, 3.63) is 0 Å². The fraction of sp³-hybridized carbons (Fsp3) is 1.00. The Kier molecular flexibility index (Phi) is 2.89. The molecule has 2 fully saturated rings. The van der Waals surface area contributed by atoms with Crippen LogP contribution in [0.4, 0.5) is 0 Å². The summed E-state index contributed by atoms with van der Waals surface area (Å²) in [5.74, 6) is 0. The number of nitrogens with one attached hydrogen (secondary N) is 1. The zero-order chi connectivity index (χ0) is 9.15. The highest BCUT2D eigenvalue weighted by molar-refractivity contribution is 4.94. The van der Waals surface area contributed by atoms with Crippen molar-refractivity contribution in [1.82, 2.24) is 5.32 Å². The lowest BCUT2D eigenvalue weighted by Crippen LogP contribution is -2.55. The average Bonchev–Trinajstić information content (AvgIpc) is 2.13. The van der Waals surface area contributed by atoms with Gasteiger partial charge in [-0.25, -0.2) is 0 Å². The van der Waals surface area contributed by atoms with Crippen LogP contribution in [0.15, 0.2) is 0 Å². The maximum atomic E-state index is 9.45. The van der Waals surface area contributed by atoms with Gasteiger partial charge in [0.05, 0.1) is 6.61 Å². The molecule has 2 rings (SSSR count). The summed E-state index contributed by atoms with van der Waals surface area (Å²) in [4.78, 5) is 0. The Morgan fingerprint density at radius 3 is 2.23 bits per heavy atom. The molecule has 2 aliphatic carbocycles. The maximum absolute atomic E-state index is 9.45. The van der Waals surface area contributed by atoms with E-state index in [0.717, 1.165) is 0 Å². The number of hydrogen-bond acceptors (Lipinski definition) is 2. The van der Waals surface area contributed by atoms with Crippen LogP contribution in [0.25, 0.3) is 0 Å². The molecule has 0 unspecified atom stereocenters. The van der Waals surface area contributed by atoms with Crippen molar-refractivity contribution in [1.29, 1.82) is 0 Å². The fourth-order valence-corrected chi connectivity index (χ4v) is 2.56. The van der Waals surface area contributed by atoms with Crippen molar-refractivity contribution in [2.45, 2.75) is 62.9 Å². The molecule has 0 heterocycles. The largest absolute Gasteiger partial charge is 0.394 e. The molecule has 0 aromatic carbocycles. The second-order valence-electron chi connectivity index (χ2n) is 4.77. The van der Waals surface area contributed by atoms with Gasteiger partial charge in [-0.2, -0.15) is 0 Å². The molecule has 76 valence electrons. The Balaban J connectivity index is 1.88. The summed E-state index contributed by atoms with van der Waals surface area (Å²) < 4.78 is 0. The topological polar surface area (TPSA) is 32.3 Å². The van der Waals surface area contributed by atoms with Crippen LogP contribution in [0.5, 0.6) is 0 Å². The van der Waals surface area contributed by atoms with Crippen LogP contribution < -0.4 is 5.32 Å². The van der Waals surface area contributed by atoms with Gasteiger partial charge in [0.2, 0.25) is 0 Å². The number of aliphatic hydroxyl groups excluding tert-OH is 1. The Morgan fingerprint density at radius 1 is 1.08 bits per heavy atom. The minimum absolute atomic E-state index is 0.101. The van der Waals surface area contributed by atoms with Gasteiger partial charge in [0.25, 0.3) is 0 Å². The molecule has 0 atom stereocenters. The van der Waals surface area contributed by atoms with Crippen LogP contribution in [0.3, 0.4) is 0 Å². The molecule has 0 aliphatic heterocycles. The first-order valence-electron chi connectivity index (χ1n) is 5.73. The van der Waals surface area contributed by atoms with Crippen LogP contribution in [0.2, 0.25) is 0 Å². The molecule has 2 saturated carbocycles. The van der Waals surface area contributed by atoms with E-state index >= 15 is 0 Å².